The normalized spacial score (nSPS) is 30.7. The van der Waals surface area contributed by atoms with Crippen molar-refractivity contribution in [2.45, 2.75) is 43.5 Å². The van der Waals surface area contributed by atoms with Crippen molar-refractivity contribution in [1.82, 2.24) is 5.32 Å². The minimum Gasteiger partial charge on any atom is -0.313 e. The van der Waals surface area contributed by atoms with Crippen LogP contribution in [0, 0.1) is 17.8 Å². The molecule has 3 rings (SSSR count). The number of hydrogen-bond donors (Lipinski definition) is 1. The van der Waals surface area contributed by atoms with Crippen molar-refractivity contribution in [2.24, 2.45) is 17.8 Å². The first-order valence-electron chi connectivity index (χ1n) is 7.66. The second kappa shape index (κ2) is 5.88. The van der Waals surface area contributed by atoms with Crippen molar-refractivity contribution in [2.75, 3.05) is 12.8 Å². The van der Waals surface area contributed by atoms with Crippen molar-refractivity contribution >= 4 is 11.8 Å². The Morgan fingerprint density at radius 1 is 1.21 bits per heavy atom. The summed E-state index contributed by atoms with van der Waals surface area (Å²) in [5.41, 5.74) is 1.38. The molecule has 1 aromatic carbocycles. The fourth-order valence-electron chi connectivity index (χ4n) is 3.80. The molecule has 1 aromatic rings. The monoisotopic (exact) mass is 275 g/mol. The van der Waals surface area contributed by atoms with Crippen molar-refractivity contribution in [3.8, 4) is 0 Å². The molecule has 19 heavy (non-hydrogen) atoms. The number of nitrogens with one attached hydrogen (secondary N) is 1. The summed E-state index contributed by atoms with van der Waals surface area (Å²) in [4.78, 5) is 1.44. The van der Waals surface area contributed by atoms with Crippen molar-refractivity contribution < 1.29 is 0 Å². The summed E-state index contributed by atoms with van der Waals surface area (Å²) in [7, 11) is 2.02. The van der Waals surface area contributed by atoms with Crippen LogP contribution in [0.25, 0.3) is 0 Å². The van der Waals surface area contributed by atoms with Crippen LogP contribution >= 0.6 is 11.8 Å². The zero-order valence-corrected chi connectivity index (χ0v) is 12.9. The zero-order chi connectivity index (χ0) is 13.2. The average molecular weight is 275 g/mol. The quantitative estimate of drug-likeness (QED) is 0.794. The van der Waals surface area contributed by atoms with E-state index in [1.807, 2.05) is 7.05 Å². The topological polar surface area (TPSA) is 12.0 Å². The van der Waals surface area contributed by atoms with Crippen LogP contribution in [-0.2, 0) is 0 Å². The van der Waals surface area contributed by atoms with Gasteiger partial charge in [-0.15, -0.1) is 11.8 Å². The van der Waals surface area contributed by atoms with Crippen molar-refractivity contribution in [3.63, 3.8) is 0 Å². The third-order valence-electron chi connectivity index (χ3n) is 5.16. The van der Waals surface area contributed by atoms with Crippen LogP contribution in [0.15, 0.2) is 29.2 Å². The summed E-state index contributed by atoms with van der Waals surface area (Å²) in [5.74, 6) is 4.47. The molecule has 0 amide bonds. The largest absolute Gasteiger partial charge is 0.313 e. The molecule has 0 aromatic heterocycles. The molecule has 2 fully saturated rings. The van der Waals surface area contributed by atoms with Crippen LogP contribution < -0.4 is 5.32 Å². The third kappa shape index (κ3) is 3.00. The third-order valence-corrected chi connectivity index (χ3v) is 6.36. The summed E-state index contributed by atoms with van der Waals surface area (Å²) in [6.45, 7) is 2.21. The van der Waals surface area contributed by atoms with E-state index in [0.717, 1.165) is 17.8 Å². The Kier molecular flexibility index (Phi) is 4.18. The molecule has 104 valence electrons. The van der Waals surface area contributed by atoms with Gasteiger partial charge in [0.2, 0.25) is 0 Å². The Hall–Kier alpha value is -0.470. The van der Waals surface area contributed by atoms with Gasteiger partial charge < -0.3 is 5.32 Å². The summed E-state index contributed by atoms with van der Waals surface area (Å²) in [6.07, 6.45) is 6.06. The lowest BCUT2D eigenvalue weighted by molar-refractivity contribution is 0.365. The molecule has 0 saturated heterocycles. The highest BCUT2D eigenvalue weighted by Crippen LogP contribution is 2.49. The number of hydrogen-bond acceptors (Lipinski definition) is 2. The number of fused-ring (bicyclic) bond motifs is 2. The maximum Gasteiger partial charge on any atom is 0.0289 e. The van der Waals surface area contributed by atoms with E-state index in [0.29, 0.717) is 6.04 Å². The van der Waals surface area contributed by atoms with E-state index in [2.05, 4.69) is 48.3 Å². The van der Waals surface area contributed by atoms with E-state index in [4.69, 9.17) is 0 Å². The van der Waals surface area contributed by atoms with Crippen molar-refractivity contribution in [1.29, 1.82) is 0 Å². The lowest BCUT2D eigenvalue weighted by Crippen LogP contribution is -2.13. The Bertz CT molecular complexity index is 414. The second-order valence-corrected chi connectivity index (χ2v) is 7.42. The van der Waals surface area contributed by atoms with E-state index in [1.54, 1.807) is 0 Å². The van der Waals surface area contributed by atoms with Crippen LogP contribution in [0.3, 0.4) is 0 Å². The summed E-state index contributed by atoms with van der Waals surface area (Å²) in [5, 5.41) is 3.29. The first kappa shape index (κ1) is 13.5. The van der Waals surface area contributed by atoms with E-state index >= 15 is 0 Å². The van der Waals surface area contributed by atoms with Gasteiger partial charge in [0.05, 0.1) is 0 Å². The molecular weight excluding hydrogens is 250 g/mol. The van der Waals surface area contributed by atoms with Gasteiger partial charge in [-0.05, 0) is 68.7 Å². The van der Waals surface area contributed by atoms with Crippen LogP contribution in [-0.4, -0.2) is 12.8 Å². The molecule has 0 aliphatic heterocycles. The Morgan fingerprint density at radius 3 is 2.58 bits per heavy atom. The average Bonchev–Trinajstić information content (AvgIpc) is 3.07. The molecular formula is C17H25NS. The summed E-state index contributed by atoms with van der Waals surface area (Å²) in [6, 6.07) is 9.57. The van der Waals surface area contributed by atoms with Gasteiger partial charge in [0.1, 0.15) is 0 Å². The molecule has 1 nitrogen and oxygen atoms in total. The standard InChI is InChI=1S/C17H25NS/c1-12(18-2)14-5-7-17(8-6-14)19-11-16-10-13-3-4-15(16)9-13/h5-8,12-13,15-16,18H,3-4,9-11H2,1-2H3. The van der Waals surface area contributed by atoms with E-state index < -0.39 is 0 Å². The first-order chi connectivity index (χ1) is 9.26. The van der Waals surface area contributed by atoms with Crippen LogP contribution in [0.2, 0.25) is 0 Å². The van der Waals surface area contributed by atoms with E-state index in [-0.39, 0.29) is 0 Å². The lowest BCUT2D eigenvalue weighted by Gasteiger charge is -2.21. The molecule has 2 aliphatic carbocycles. The SMILES string of the molecule is CNC(C)c1ccc(SCC2CC3CCC2C3)cc1. The van der Waals surface area contributed by atoms with E-state index in [1.165, 1.54) is 41.9 Å². The Balaban J connectivity index is 1.53. The molecule has 2 bridgehead atoms. The van der Waals surface area contributed by atoms with Gasteiger partial charge in [0, 0.05) is 16.7 Å². The summed E-state index contributed by atoms with van der Waals surface area (Å²) >= 11 is 2.06. The van der Waals surface area contributed by atoms with Gasteiger partial charge in [-0.2, -0.15) is 0 Å². The summed E-state index contributed by atoms with van der Waals surface area (Å²) < 4.78 is 0. The van der Waals surface area contributed by atoms with Crippen LogP contribution in [0.1, 0.15) is 44.2 Å². The van der Waals surface area contributed by atoms with Crippen LogP contribution in [0.5, 0.6) is 0 Å². The number of rotatable bonds is 5. The molecule has 0 heterocycles. The molecule has 0 radical (unpaired) electrons. The maximum atomic E-state index is 3.29. The van der Waals surface area contributed by atoms with Gasteiger partial charge in [0.15, 0.2) is 0 Å². The molecule has 2 aliphatic rings. The Morgan fingerprint density at radius 2 is 2.00 bits per heavy atom. The highest BCUT2D eigenvalue weighted by atomic mass is 32.2. The molecule has 2 saturated carbocycles. The second-order valence-electron chi connectivity index (χ2n) is 6.33. The van der Waals surface area contributed by atoms with Crippen LogP contribution in [0.4, 0.5) is 0 Å². The fourth-order valence-corrected chi connectivity index (χ4v) is 4.95. The highest BCUT2D eigenvalue weighted by molar-refractivity contribution is 7.99. The number of benzene rings is 1. The lowest BCUT2D eigenvalue weighted by atomic mass is 9.90. The van der Waals surface area contributed by atoms with E-state index in [9.17, 15) is 0 Å². The predicted octanol–water partition coefficient (Wildman–Crippen LogP) is 4.50. The minimum absolute atomic E-state index is 0.449. The maximum absolute atomic E-state index is 3.29. The zero-order valence-electron chi connectivity index (χ0n) is 12.1. The van der Waals surface area contributed by atoms with Crippen molar-refractivity contribution in [3.05, 3.63) is 29.8 Å². The van der Waals surface area contributed by atoms with Gasteiger partial charge in [-0.3, -0.25) is 0 Å². The van der Waals surface area contributed by atoms with Gasteiger partial charge >= 0.3 is 0 Å². The number of thioether (sulfide) groups is 1. The van der Waals surface area contributed by atoms with Gasteiger partial charge in [-0.25, -0.2) is 0 Å². The predicted molar refractivity (Wildman–Crippen MR) is 83.6 cm³/mol. The molecule has 4 unspecified atom stereocenters. The van der Waals surface area contributed by atoms with Gasteiger partial charge in [0.25, 0.3) is 0 Å². The fraction of sp³-hybridized carbons (Fsp3) is 0.647. The smallest absolute Gasteiger partial charge is 0.0289 e. The first-order valence-corrected chi connectivity index (χ1v) is 8.65. The molecule has 0 spiro atoms. The molecule has 2 heteroatoms. The molecule has 1 N–H and O–H groups in total. The highest BCUT2D eigenvalue weighted by Gasteiger charge is 2.39. The minimum atomic E-state index is 0.449. The van der Waals surface area contributed by atoms with Gasteiger partial charge in [-0.1, -0.05) is 18.6 Å². The molecule has 4 atom stereocenters. The Labute approximate surface area is 121 Å².